The van der Waals surface area contributed by atoms with Crippen LogP contribution in [0.1, 0.15) is 49.1 Å². The molecule has 0 saturated carbocycles. The Labute approximate surface area is 142 Å². The van der Waals surface area contributed by atoms with Crippen LogP contribution in [0.5, 0.6) is 0 Å². The van der Waals surface area contributed by atoms with Crippen molar-refractivity contribution in [2.75, 3.05) is 6.54 Å². The molecule has 1 heterocycles. The molecule has 4 nitrogen and oxygen atoms in total. The molecule has 0 saturated heterocycles. The van der Waals surface area contributed by atoms with E-state index in [1.54, 1.807) is 18.2 Å². The standard InChI is InChI=1S/C19H25FN2O2/c1-4-11-21-19(23)18-10-9-17(24-18)13-22(14(2)3)12-15-5-7-16(20)8-6-15/h5-10,14H,4,11-13H2,1-3H3,(H,21,23). The Kier molecular flexibility index (Phi) is 6.55. The van der Waals surface area contributed by atoms with E-state index >= 15 is 0 Å². The van der Waals surface area contributed by atoms with Gasteiger partial charge in [0.2, 0.25) is 0 Å². The third kappa shape index (κ3) is 5.20. The molecule has 5 heteroatoms. The van der Waals surface area contributed by atoms with Crippen LogP contribution < -0.4 is 5.32 Å². The maximum atomic E-state index is 13.0. The first-order chi connectivity index (χ1) is 11.5. The zero-order valence-corrected chi connectivity index (χ0v) is 14.5. The summed E-state index contributed by atoms with van der Waals surface area (Å²) >= 11 is 0. The smallest absolute Gasteiger partial charge is 0.286 e. The van der Waals surface area contributed by atoms with Crippen molar-refractivity contribution in [3.8, 4) is 0 Å². The Morgan fingerprint density at radius 2 is 1.88 bits per heavy atom. The predicted molar refractivity (Wildman–Crippen MR) is 92.1 cm³/mol. The number of carbonyl (C=O) groups excluding carboxylic acids is 1. The van der Waals surface area contributed by atoms with Crippen molar-refractivity contribution >= 4 is 5.91 Å². The van der Waals surface area contributed by atoms with Crippen molar-refractivity contribution in [3.63, 3.8) is 0 Å². The van der Waals surface area contributed by atoms with Gasteiger partial charge in [0.1, 0.15) is 11.6 Å². The summed E-state index contributed by atoms with van der Waals surface area (Å²) in [6, 6.07) is 10.3. The molecule has 0 spiro atoms. The van der Waals surface area contributed by atoms with E-state index in [-0.39, 0.29) is 17.8 Å². The van der Waals surface area contributed by atoms with E-state index in [1.807, 2.05) is 13.0 Å². The van der Waals surface area contributed by atoms with Gasteiger partial charge in [-0.05, 0) is 50.1 Å². The first-order valence-electron chi connectivity index (χ1n) is 8.35. The van der Waals surface area contributed by atoms with Crippen molar-refractivity contribution in [3.05, 3.63) is 59.3 Å². The van der Waals surface area contributed by atoms with Crippen LogP contribution >= 0.6 is 0 Å². The Hall–Kier alpha value is -2.14. The van der Waals surface area contributed by atoms with Crippen molar-refractivity contribution in [1.29, 1.82) is 0 Å². The van der Waals surface area contributed by atoms with Gasteiger partial charge in [0.05, 0.1) is 6.54 Å². The number of benzene rings is 1. The van der Waals surface area contributed by atoms with Crippen LogP contribution in [0.2, 0.25) is 0 Å². The molecule has 2 aromatic rings. The van der Waals surface area contributed by atoms with Crippen molar-refractivity contribution in [2.45, 2.75) is 46.3 Å². The molecular formula is C19H25FN2O2. The average molecular weight is 332 g/mol. The van der Waals surface area contributed by atoms with Gasteiger partial charge in [-0.2, -0.15) is 0 Å². The number of amides is 1. The second-order valence-corrected chi connectivity index (χ2v) is 6.15. The summed E-state index contributed by atoms with van der Waals surface area (Å²) in [5.41, 5.74) is 1.04. The summed E-state index contributed by atoms with van der Waals surface area (Å²) in [5.74, 6) is 0.665. The van der Waals surface area contributed by atoms with Crippen molar-refractivity contribution < 1.29 is 13.6 Å². The molecule has 130 valence electrons. The van der Waals surface area contributed by atoms with Gasteiger partial charge in [-0.25, -0.2) is 4.39 Å². The molecule has 1 aromatic heterocycles. The minimum atomic E-state index is -0.233. The van der Waals surface area contributed by atoms with Crippen molar-refractivity contribution in [1.82, 2.24) is 10.2 Å². The summed E-state index contributed by atoms with van der Waals surface area (Å²) in [7, 11) is 0. The number of furan rings is 1. The van der Waals surface area contributed by atoms with E-state index in [9.17, 15) is 9.18 Å². The SMILES string of the molecule is CCCNC(=O)c1ccc(CN(Cc2ccc(F)cc2)C(C)C)o1. The van der Waals surface area contributed by atoms with Gasteiger partial charge in [-0.3, -0.25) is 9.69 Å². The molecule has 0 bridgehead atoms. The fourth-order valence-electron chi connectivity index (χ4n) is 2.36. The predicted octanol–water partition coefficient (Wildman–Crippen LogP) is 3.97. The van der Waals surface area contributed by atoms with Gasteiger partial charge in [-0.1, -0.05) is 19.1 Å². The topological polar surface area (TPSA) is 45.5 Å². The third-order valence-electron chi connectivity index (χ3n) is 3.81. The Morgan fingerprint density at radius 1 is 1.17 bits per heavy atom. The van der Waals surface area contributed by atoms with Crippen LogP contribution in [0.25, 0.3) is 0 Å². The Bertz CT molecular complexity index is 650. The molecule has 0 radical (unpaired) electrons. The highest BCUT2D eigenvalue weighted by Crippen LogP contribution is 2.16. The summed E-state index contributed by atoms with van der Waals surface area (Å²) in [6.45, 7) is 8.12. The lowest BCUT2D eigenvalue weighted by Gasteiger charge is -2.25. The largest absolute Gasteiger partial charge is 0.455 e. The van der Waals surface area contributed by atoms with Crippen LogP contribution in [0.3, 0.4) is 0 Å². The summed E-state index contributed by atoms with van der Waals surface area (Å²) < 4.78 is 18.7. The van der Waals surface area contributed by atoms with E-state index in [1.165, 1.54) is 12.1 Å². The third-order valence-corrected chi connectivity index (χ3v) is 3.81. The number of rotatable bonds is 8. The molecule has 0 unspecified atom stereocenters. The number of hydrogen-bond acceptors (Lipinski definition) is 3. The Morgan fingerprint density at radius 3 is 2.50 bits per heavy atom. The zero-order valence-electron chi connectivity index (χ0n) is 14.5. The second-order valence-electron chi connectivity index (χ2n) is 6.15. The number of nitrogens with one attached hydrogen (secondary N) is 1. The lowest BCUT2D eigenvalue weighted by molar-refractivity contribution is 0.0920. The molecule has 24 heavy (non-hydrogen) atoms. The van der Waals surface area contributed by atoms with Crippen LogP contribution in [-0.2, 0) is 13.1 Å². The average Bonchev–Trinajstić information content (AvgIpc) is 3.02. The molecule has 0 aliphatic carbocycles. The zero-order chi connectivity index (χ0) is 17.5. The molecule has 1 aromatic carbocycles. The van der Waals surface area contributed by atoms with Crippen LogP contribution in [-0.4, -0.2) is 23.4 Å². The van der Waals surface area contributed by atoms with Gasteiger partial charge in [0, 0.05) is 19.1 Å². The fraction of sp³-hybridized carbons (Fsp3) is 0.421. The van der Waals surface area contributed by atoms with Crippen LogP contribution in [0.4, 0.5) is 4.39 Å². The van der Waals surface area contributed by atoms with Crippen LogP contribution in [0, 0.1) is 5.82 Å². The van der Waals surface area contributed by atoms with E-state index in [4.69, 9.17) is 4.42 Å². The molecule has 0 fully saturated rings. The van der Waals surface area contributed by atoms with Gasteiger partial charge in [0.15, 0.2) is 5.76 Å². The lowest BCUT2D eigenvalue weighted by atomic mass is 10.2. The van der Waals surface area contributed by atoms with E-state index in [0.717, 1.165) is 17.7 Å². The minimum absolute atomic E-state index is 0.183. The van der Waals surface area contributed by atoms with Crippen molar-refractivity contribution in [2.24, 2.45) is 0 Å². The fourth-order valence-corrected chi connectivity index (χ4v) is 2.36. The molecule has 2 rings (SSSR count). The monoisotopic (exact) mass is 332 g/mol. The van der Waals surface area contributed by atoms with Gasteiger partial charge >= 0.3 is 0 Å². The summed E-state index contributed by atoms with van der Waals surface area (Å²) in [6.07, 6.45) is 0.887. The number of carbonyl (C=O) groups is 1. The molecule has 0 aliphatic rings. The molecular weight excluding hydrogens is 307 g/mol. The number of hydrogen-bond donors (Lipinski definition) is 1. The van der Waals surface area contributed by atoms with Gasteiger partial charge < -0.3 is 9.73 Å². The normalized spacial score (nSPS) is 11.2. The number of nitrogens with zero attached hydrogens (tertiary/aromatic N) is 1. The molecule has 1 N–H and O–H groups in total. The van der Waals surface area contributed by atoms with E-state index in [2.05, 4.69) is 24.1 Å². The summed E-state index contributed by atoms with van der Waals surface area (Å²) in [5, 5.41) is 2.80. The Balaban J connectivity index is 2.01. The maximum absolute atomic E-state index is 13.0. The minimum Gasteiger partial charge on any atom is -0.455 e. The highest BCUT2D eigenvalue weighted by Gasteiger charge is 2.15. The number of halogens is 1. The molecule has 0 aliphatic heterocycles. The highest BCUT2D eigenvalue weighted by molar-refractivity contribution is 5.91. The quantitative estimate of drug-likeness (QED) is 0.795. The first-order valence-corrected chi connectivity index (χ1v) is 8.35. The van der Waals surface area contributed by atoms with E-state index < -0.39 is 0 Å². The first kappa shape index (κ1) is 18.2. The maximum Gasteiger partial charge on any atom is 0.286 e. The van der Waals surface area contributed by atoms with Crippen LogP contribution in [0.15, 0.2) is 40.8 Å². The second kappa shape index (κ2) is 8.64. The lowest BCUT2D eigenvalue weighted by Crippen LogP contribution is -2.29. The molecule has 1 amide bonds. The van der Waals surface area contributed by atoms with Gasteiger partial charge in [0.25, 0.3) is 5.91 Å². The molecule has 0 atom stereocenters. The van der Waals surface area contributed by atoms with Gasteiger partial charge in [-0.15, -0.1) is 0 Å². The highest BCUT2D eigenvalue weighted by atomic mass is 19.1. The summed E-state index contributed by atoms with van der Waals surface area (Å²) in [4.78, 5) is 14.1. The van der Waals surface area contributed by atoms with E-state index in [0.29, 0.717) is 25.4 Å².